The highest BCUT2D eigenvalue weighted by molar-refractivity contribution is 5.29. The molecule has 9 heavy (non-hydrogen) atoms. The molecule has 46 valence electrons. The van der Waals surface area contributed by atoms with E-state index in [1.165, 1.54) is 7.11 Å². The summed E-state index contributed by atoms with van der Waals surface area (Å²) in [5.74, 6) is 0. The van der Waals surface area contributed by atoms with Gasteiger partial charge in [-0.05, 0) is 0 Å². The Morgan fingerprint density at radius 1 is 1.56 bits per heavy atom. The van der Waals surface area contributed by atoms with Crippen LogP contribution in [0.3, 0.4) is 0 Å². The number of hydrogen-bond donors (Lipinski definition) is 0. The van der Waals surface area contributed by atoms with Crippen molar-refractivity contribution in [1.82, 2.24) is 0 Å². The Kier molecular flexibility index (Phi) is 1.16. The van der Waals surface area contributed by atoms with Gasteiger partial charge in [-0.2, -0.15) is 10.5 Å². The summed E-state index contributed by atoms with van der Waals surface area (Å²) in [5.41, 5.74) is -0.811. The van der Waals surface area contributed by atoms with Gasteiger partial charge in [0.1, 0.15) is 0 Å². The van der Waals surface area contributed by atoms with Gasteiger partial charge in [0.2, 0.25) is 0 Å². The summed E-state index contributed by atoms with van der Waals surface area (Å²) >= 11 is 0. The molecule has 0 saturated heterocycles. The first kappa shape index (κ1) is 6.07. The summed E-state index contributed by atoms with van der Waals surface area (Å²) in [5, 5.41) is 16.8. The van der Waals surface area contributed by atoms with E-state index in [-0.39, 0.29) is 6.10 Å². The minimum atomic E-state index is -0.811. The molecule has 0 aliphatic heterocycles. The lowest BCUT2D eigenvalue weighted by Crippen LogP contribution is -2.01. The lowest BCUT2D eigenvalue weighted by atomic mass is 10.2. The quantitative estimate of drug-likeness (QED) is 0.507. The third-order valence-corrected chi connectivity index (χ3v) is 1.58. The summed E-state index contributed by atoms with van der Waals surface area (Å²) in [6, 6.07) is 3.83. The van der Waals surface area contributed by atoms with E-state index in [2.05, 4.69) is 0 Å². The van der Waals surface area contributed by atoms with Crippen molar-refractivity contribution in [3.63, 3.8) is 0 Å². The summed E-state index contributed by atoms with van der Waals surface area (Å²) < 4.78 is 4.81. The molecule has 0 aromatic rings. The highest BCUT2D eigenvalue weighted by atomic mass is 16.5. The lowest BCUT2D eigenvalue weighted by Gasteiger charge is -1.91. The van der Waals surface area contributed by atoms with Crippen molar-refractivity contribution in [3.8, 4) is 12.1 Å². The molecule has 3 heteroatoms. The standard InChI is InChI=1S/C6H6N2O/c1-9-5-2-6(5,3-7)4-8/h5H,2H2,1H3. The summed E-state index contributed by atoms with van der Waals surface area (Å²) in [4.78, 5) is 0. The molecule has 0 amide bonds. The lowest BCUT2D eigenvalue weighted by molar-refractivity contribution is 0.167. The average molecular weight is 122 g/mol. The zero-order chi connectivity index (χ0) is 6.91. The highest BCUT2D eigenvalue weighted by Crippen LogP contribution is 2.46. The Labute approximate surface area is 53.5 Å². The zero-order valence-corrected chi connectivity index (χ0v) is 5.09. The molecular weight excluding hydrogens is 116 g/mol. The Bertz CT molecular complexity index is 184. The molecule has 0 spiro atoms. The van der Waals surface area contributed by atoms with E-state index in [1.54, 1.807) is 0 Å². The van der Waals surface area contributed by atoms with Gasteiger partial charge in [0.25, 0.3) is 0 Å². The largest absolute Gasteiger partial charge is 0.379 e. The van der Waals surface area contributed by atoms with Crippen LogP contribution in [0.4, 0.5) is 0 Å². The maximum atomic E-state index is 8.41. The highest BCUT2D eigenvalue weighted by Gasteiger charge is 2.56. The summed E-state index contributed by atoms with van der Waals surface area (Å²) in [6.45, 7) is 0. The second-order valence-corrected chi connectivity index (χ2v) is 2.12. The van der Waals surface area contributed by atoms with E-state index in [9.17, 15) is 0 Å². The van der Waals surface area contributed by atoms with Crippen molar-refractivity contribution in [3.05, 3.63) is 0 Å². The molecule has 0 aromatic heterocycles. The van der Waals surface area contributed by atoms with E-state index < -0.39 is 5.41 Å². The molecular formula is C6H6N2O. The zero-order valence-electron chi connectivity index (χ0n) is 5.09. The van der Waals surface area contributed by atoms with Gasteiger partial charge in [-0.15, -0.1) is 0 Å². The van der Waals surface area contributed by atoms with Crippen LogP contribution in [0.5, 0.6) is 0 Å². The third-order valence-electron chi connectivity index (χ3n) is 1.58. The van der Waals surface area contributed by atoms with Crippen molar-refractivity contribution >= 4 is 0 Å². The van der Waals surface area contributed by atoms with Gasteiger partial charge in [0, 0.05) is 13.5 Å². The topological polar surface area (TPSA) is 56.8 Å². The number of rotatable bonds is 1. The van der Waals surface area contributed by atoms with Crippen LogP contribution in [0.1, 0.15) is 6.42 Å². The normalized spacial score (nSPS) is 28.1. The van der Waals surface area contributed by atoms with Crippen LogP contribution in [0.25, 0.3) is 0 Å². The molecule has 0 heterocycles. The number of nitrogens with zero attached hydrogens (tertiary/aromatic N) is 2. The van der Waals surface area contributed by atoms with Gasteiger partial charge >= 0.3 is 0 Å². The first-order valence-electron chi connectivity index (χ1n) is 2.64. The molecule has 0 bridgehead atoms. The van der Waals surface area contributed by atoms with E-state index >= 15 is 0 Å². The van der Waals surface area contributed by atoms with Gasteiger partial charge in [-0.3, -0.25) is 0 Å². The third kappa shape index (κ3) is 0.667. The van der Waals surface area contributed by atoms with Crippen molar-refractivity contribution < 1.29 is 4.74 Å². The number of hydrogen-bond acceptors (Lipinski definition) is 3. The predicted octanol–water partition coefficient (Wildman–Crippen LogP) is 0.439. The van der Waals surface area contributed by atoms with Crippen LogP contribution in [-0.4, -0.2) is 13.2 Å². The van der Waals surface area contributed by atoms with Crippen molar-refractivity contribution in [2.24, 2.45) is 5.41 Å². The maximum Gasteiger partial charge on any atom is 0.172 e. The van der Waals surface area contributed by atoms with Crippen LogP contribution in [0.2, 0.25) is 0 Å². The Hall–Kier alpha value is -1.06. The fraction of sp³-hybridized carbons (Fsp3) is 0.667. The fourth-order valence-corrected chi connectivity index (χ4v) is 0.778. The van der Waals surface area contributed by atoms with Gasteiger partial charge in [0.15, 0.2) is 5.41 Å². The molecule has 1 rings (SSSR count). The SMILES string of the molecule is COC1CC1(C#N)C#N. The van der Waals surface area contributed by atoms with E-state index in [4.69, 9.17) is 15.3 Å². The molecule has 0 radical (unpaired) electrons. The number of nitriles is 2. The first-order chi connectivity index (χ1) is 4.29. The van der Waals surface area contributed by atoms with Crippen molar-refractivity contribution in [2.45, 2.75) is 12.5 Å². The first-order valence-corrected chi connectivity index (χ1v) is 2.64. The fourth-order valence-electron chi connectivity index (χ4n) is 0.778. The van der Waals surface area contributed by atoms with Crippen molar-refractivity contribution in [2.75, 3.05) is 7.11 Å². The monoisotopic (exact) mass is 122 g/mol. The van der Waals surface area contributed by atoms with Gasteiger partial charge < -0.3 is 4.74 Å². The number of ether oxygens (including phenoxy) is 1. The average Bonchev–Trinajstić information content (AvgIpc) is 2.63. The Balaban J connectivity index is 2.64. The van der Waals surface area contributed by atoms with Crippen LogP contribution < -0.4 is 0 Å². The van der Waals surface area contributed by atoms with Crippen LogP contribution >= 0.6 is 0 Å². The van der Waals surface area contributed by atoms with Crippen LogP contribution in [-0.2, 0) is 4.74 Å². The summed E-state index contributed by atoms with van der Waals surface area (Å²) in [7, 11) is 1.51. The molecule has 0 aromatic carbocycles. The van der Waals surface area contributed by atoms with Crippen LogP contribution in [0.15, 0.2) is 0 Å². The van der Waals surface area contributed by atoms with E-state index in [1.807, 2.05) is 12.1 Å². The molecule has 1 atom stereocenters. The minimum absolute atomic E-state index is 0.146. The summed E-state index contributed by atoms with van der Waals surface area (Å²) in [6.07, 6.45) is 0.420. The number of methoxy groups -OCH3 is 1. The Morgan fingerprint density at radius 3 is 2.22 bits per heavy atom. The second-order valence-electron chi connectivity index (χ2n) is 2.12. The molecule has 1 saturated carbocycles. The Morgan fingerprint density at radius 2 is 2.11 bits per heavy atom. The molecule has 1 fully saturated rings. The van der Waals surface area contributed by atoms with Gasteiger partial charge in [0.05, 0.1) is 18.2 Å². The maximum absolute atomic E-state index is 8.41. The minimum Gasteiger partial charge on any atom is -0.379 e. The molecule has 1 aliphatic rings. The smallest absolute Gasteiger partial charge is 0.172 e. The molecule has 0 N–H and O–H groups in total. The van der Waals surface area contributed by atoms with Crippen LogP contribution in [0, 0.1) is 28.1 Å². The van der Waals surface area contributed by atoms with Gasteiger partial charge in [-0.1, -0.05) is 0 Å². The molecule has 3 nitrogen and oxygen atoms in total. The van der Waals surface area contributed by atoms with E-state index in [0.29, 0.717) is 6.42 Å². The molecule has 1 unspecified atom stereocenters. The van der Waals surface area contributed by atoms with Gasteiger partial charge in [-0.25, -0.2) is 0 Å². The second kappa shape index (κ2) is 1.72. The van der Waals surface area contributed by atoms with E-state index in [0.717, 1.165) is 0 Å². The predicted molar refractivity (Wildman–Crippen MR) is 29.1 cm³/mol. The van der Waals surface area contributed by atoms with Crippen molar-refractivity contribution in [1.29, 1.82) is 10.5 Å². The molecule has 1 aliphatic carbocycles.